The van der Waals surface area contributed by atoms with Gasteiger partial charge in [0.1, 0.15) is 11.9 Å². The lowest BCUT2D eigenvalue weighted by molar-refractivity contribution is -0.385. The standard InChI is InChI=1S/C10H16N4O2/c1-8-10(14(15)16)7-11-13(8)9-3-5-12(2)6-4-9/h7,9H,3-6H2,1-2H3. The Balaban J connectivity index is 2.18. The SMILES string of the molecule is Cc1c([N+](=O)[O-])cnn1C1CCN(C)CC1. The number of rotatable bonds is 2. The van der Waals surface area contributed by atoms with Gasteiger partial charge in [0.2, 0.25) is 0 Å². The molecule has 1 fully saturated rings. The third-order valence-corrected chi connectivity index (χ3v) is 3.25. The van der Waals surface area contributed by atoms with Gasteiger partial charge in [-0.05, 0) is 39.9 Å². The molecule has 0 spiro atoms. The predicted octanol–water partition coefficient (Wildman–Crippen LogP) is 1.37. The maximum absolute atomic E-state index is 10.7. The first-order valence-electron chi connectivity index (χ1n) is 5.46. The van der Waals surface area contributed by atoms with Gasteiger partial charge in [-0.1, -0.05) is 0 Å². The molecule has 1 aromatic heterocycles. The summed E-state index contributed by atoms with van der Waals surface area (Å²) >= 11 is 0. The summed E-state index contributed by atoms with van der Waals surface area (Å²) in [5.74, 6) is 0. The van der Waals surface area contributed by atoms with Crippen molar-refractivity contribution in [1.29, 1.82) is 0 Å². The molecule has 0 radical (unpaired) electrons. The summed E-state index contributed by atoms with van der Waals surface area (Å²) in [6, 6.07) is 0.310. The first-order chi connectivity index (χ1) is 7.59. The highest BCUT2D eigenvalue weighted by atomic mass is 16.6. The van der Waals surface area contributed by atoms with Crippen molar-refractivity contribution < 1.29 is 4.92 Å². The van der Waals surface area contributed by atoms with E-state index in [1.54, 1.807) is 6.92 Å². The van der Waals surface area contributed by atoms with Gasteiger partial charge < -0.3 is 4.90 Å². The fourth-order valence-corrected chi connectivity index (χ4v) is 2.20. The van der Waals surface area contributed by atoms with E-state index in [2.05, 4.69) is 17.0 Å². The van der Waals surface area contributed by atoms with Gasteiger partial charge in [0.05, 0.1) is 11.0 Å². The lowest BCUT2D eigenvalue weighted by atomic mass is 10.1. The maximum atomic E-state index is 10.7. The molecule has 2 heterocycles. The fourth-order valence-electron chi connectivity index (χ4n) is 2.20. The Labute approximate surface area is 94.0 Å². The lowest BCUT2D eigenvalue weighted by Crippen LogP contribution is -2.32. The van der Waals surface area contributed by atoms with Crippen LogP contribution in [0.4, 0.5) is 5.69 Å². The number of aromatic nitrogens is 2. The first-order valence-corrected chi connectivity index (χ1v) is 5.46. The smallest absolute Gasteiger partial charge is 0.306 e. The van der Waals surface area contributed by atoms with Crippen molar-refractivity contribution >= 4 is 5.69 Å². The minimum absolute atomic E-state index is 0.124. The predicted molar refractivity (Wildman–Crippen MR) is 59.4 cm³/mol. The Morgan fingerprint density at radius 2 is 2.12 bits per heavy atom. The topological polar surface area (TPSA) is 64.2 Å². The molecule has 0 bridgehead atoms. The van der Waals surface area contributed by atoms with E-state index in [1.165, 1.54) is 6.20 Å². The summed E-state index contributed by atoms with van der Waals surface area (Å²) in [5.41, 5.74) is 0.790. The molecule has 1 aromatic rings. The summed E-state index contributed by atoms with van der Waals surface area (Å²) in [7, 11) is 2.09. The number of hydrogen-bond acceptors (Lipinski definition) is 4. The normalized spacial score (nSPS) is 18.9. The van der Waals surface area contributed by atoms with Crippen LogP contribution < -0.4 is 0 Å². The Bertz CT molecular complexity index is 394. The van der Waals surface area contributed by atoms with E-state index in [0.29, 0.717) is 11.7 Å². The van der Waals surface area contributed by atoms with Crippen LogP contribution in [0, 0.1) is 17.0 Å². The summed E-state index contributed by atoms with van der Waals surface area (Å²) in [4.78, 5) is 12.6. The quantitative estimate of drug-likeness (QED) is 0.562. The molecule has 16 heavy (non-hydrogen) atoms. The van der Waals surface area contributed by atoms with Crippen molar-refractivity contribution in [2.75, 3.05) is 20.1 Å². The number of nitrogens with zero attached hydrogens (tertiary/aromatic N) is 4. The van der Waals surface area contributed by atoms with Crippen LogP contribution in [0.3, 0.4) is 0 Å². The second-order valence-electron chi connectivity index (χ2n) is 4.35. The van der Waals surface area contributed by atoms with Crippen LogP contribution in [-0.2, 0) is 0 Å². The van der Waals surface area contributed by atoms with Gasteiger partial charge in [0.25, 0.3) is 0 Å². The van der Waals surface area contributed by atoms with Crippen molar-refractivity contribution in [3.63, 3.8) is 0 Å². The highest BCUT2D eigenvalue weighted by Crippen LogP contribution is 2.26. The molecule has 1 aliphatic heterocycles. The van der Waals surface area contributed by atoms with Crippen LogP contribution in [-0.4, -0.2) is 39.7 Å². The van der Waals surface area contributed by atoms with E-state index in [4.69, 9.17) is 0 Å². The Morgan fingerprint density at radius 1 is 1.50 bits per heavy atom. The Hall–Kier alpha value is -1.43. The van der Waals surface area contributed by atoms with Crippen molar-refractivity contribution in [3.8, 4) is 0 Å². The van der Waals surface area contributed by atoms with Gasteiger partial charge in [0.15, 0.2) is 0 Å². The van der Waals surface area contributed by atoms with E-state index >= 15 is 0 Å². The third-order valence-electron chi connectivity index (χ3n) is 3.25. The largest absolute Gasteiger partial charge is 0.309 e. The highest BCUT2D eigenvalue weighted by molar-refractivity contribution is 5.31. The van der Waals surface area contributed by atoms with Gasteiger partial charge >= 0.3 is 5.69 Å². The highest BCUT2D eigenvalue weighted by Gasteiger charge is 2.24. The van der Waals surface area contributed by atoms with E-state index in [1.807, 2.05) is 4.68 Å². The van der Waals surface area contributed by atoms with Gasteiger partial charge in [-0.25, -0.2) is 0 Å². The molecule has 6 nitrogen and oxygen atoms in total. The maximum Gasteiger partial charge on any atom is 0.309 e. The van der Waals surface area contributed by atoms with Crippen LogP contribution in [0.1, 0.15) is 24.6 Å². The van der Waals surface area contributed by atoms with Gasteiger partial charge in [-0.2, -0.15) is 5.10 Å². The number of hydrogen-bond donors (Lipinski definition) is 0. The zero-order valence-electron chi connectivity index (χ0n) is 9.59. The van der Waals surface area contributed by atoms with E-state index in [9.17, 15) is 10.1 Å². The van der Waals surface area contributed by atoms with Gasteiger partial charge in [-0.15, -0.1) is 0 Å². The second-order valence-corrected chi connectivity index (χ2v) is 4.35. The van der Waals surface area contributed by atoms with Crippen molar-refractivity contribution in [3.05, 3.63) is 22.0 Å². The molecule has 0 amide bonds. The van der Waals surface area contributed by atoms with Crippen LogP contribution in [0.2, 0.25) is 0 Å². The monoisotopic (exact) mass is 224 g/mol. The summed E-state index contributed by atoms with van der Waals surface area (Å²) in [6.07, 6.45) is 3.38. The van der Waals surface area contributed by atoms with Gasteiger partial charge in [-0.3, -0.25) is 14.8 Å². The molecule has 1 aliphatic rings. The summed E-state index contributed by atoms with van der Waals surface area (Å²) < 4.78 is 1.81. The van der Waals surface area contributed by atoms with Crippen LogP contribution in [0.25, 0.3) is 0 Å². The lowest BCUT2D eigenvalue weighted by Gasteiger charge is -2.29. The zero-order valence-corrected chi connectivity index (χ0v) is 9.59. The van der Waals surface area contributed by atoms with Crippen LogP contribution >= 0.6 is 0 Å². The fraction of sp³-hybridized carbons (Fsp3) is 0.700. The molecule has 6 heteroatoms. The summed E-state index contributed by atoms with van der Waals surface area (Å²) in [5, 5.41) is 14.9. The van der Waals surface area contributed by atoms with Crippen LogP contribution in [0.15, 0.2) is 6.20 Å². The second kappa shape index (κ2) is 4.21. The molecule has 2 rings (SSSR count). The molecular weight excluding hydrogens is 208 g/mol. The molecule has 1 saturated heterocycles. The van der Waals surface area contributed by atoms with Crippen LogP contribution in [0.5, 0.6) is 0 Å². The number of nitro groups is 1. The molecule has 88 valence electrons. The van der Waals surface area contributed by atoms with E-state index < -0.39 is 0 Å². The molecule has 0 aromatic carbocycles. The van der Waals surface area contributed by atoms with Crippen molar-refractivity contribution in [1.82, 2.24) is 14.7 Å². The number of likely N-dealkylation sites (tertiary alicyclic amines) is 1. The van der Waals surface area contributed by atoms with Gasteiger partial charge in [0, 0.05) is 0 Å². The Kier molecular flexibility index (Phi) is 2.91. The third kappa shape index (κ3) is 1.92. The molecular formula is C10H16N4O2. The van der Waals surface area contributed by atoms with Crippen molar-refractivity contribution in [2.24, 2.45) is 0 Å². The van der Waals surface area contributed by atoms with E-state index in [-0.39, 0.29) is 10.6 Å². The molecule has 0 saturated carbocycles. The molecule has 0 atom stereocenters. The molecule has 0 unspecified atom stereocenters. The Morgan fingerprint density at radius 3 is 2.62 bits per heavy atom. The minimum Gasteiger partial charge on any atom is -0.306 e. The minimum atomic E-state index is -0.367. The van der Waals surface area contributed by atoms with E-state index in [0.717, 1.165) is 25.9 Å². The average Bonchev–Trinajstić information content (AvgIpc) is 2.61. The molecule has 0 N–H and O–H groups in total. The zero-order chi connectivity index (χ0) is 11.7. The summed E-state index contributed by atoms with van der Waals surface area (Å²) in [6.45, 7) is 3.82. The number of piperidine rings is 1. The first kappa shape index (κ1) is 11.1. The molecule has 0 aliphatic carbocycles. The average molecular weight is 224 g/mol. The van der Waals surface area contributed by atoms with Crippen molar-refractivity contribution in [2.45, 2.75) is 25.8 Å².